The molecule has 0 aliphatic carbocycles. The fourth-order valence-electron chi connectivity index (χ4n) is 2.81. The molecule has 2 aromatic carbocycles. The molecule has 0 aliphatic rings. The molecule has 2 N–H and O–H groups in total. The normalized spacial score (nSPS) is 13.8. The lowest BCUT2D eigenvalue weighted by molar-refractivity contribution is 0.285. The summed E-state index contributed by atoms with van der Waals surface area (Å²) in [6.07, 6.45) is 2.02. The summed E-state index contributed by atoms with van der Waals surface area (Å²) in [7, 11) is 0. The van der Waals surface area contributed by atoms with Gasteiger partial charge in [0.05, 0.1) is 6.61 Å². The smallest absolute Gasteiger partial charge is 0.119 e. The van der Waals surface area contributed by atoms with Crippen molar-refractivity contribution in [2.75, 3.05) is 13.2 Å². The molecule has 0 fully saturated rings. The van der Waals surface area contributed by atoms with Crippen LogP contribution in [-0.4, -0.2) is 13.2 Å². The maximum absolute atomic E-state index is 6.04. The second kappa shape index (κ2) is 8.16. The Morgan fingerprint density at radius 1 is 1.00 bits per heavy atom. The molecule has 0 aliphatic heterocycles. The molecule has 0 heterocycles. The van der Waals surface area contributed by atoms with Crippen LogP contribution >= 0.6 is 0 Å². The molecule has 1 atom stereocenters. The molecule has 1 unspecified atom stereocenters. The van der Waals surface area contributed by atoms with Gasteiger partial charge in [0.2, 0.25) is 0 Å². The summed E-state index contributed by atoms with van der Waals surface area (Å²) in [4.78, 5) is 0. The number of benzene rings is 2. The number of rotatable bonds is 8. The Balaban J connectivity index is 1.84. The molecule has 2 nitrogen and oxygen atoms in total. The average Bonchev–Trinajstić information content (AvgIpc) is 2.59. The molecule has 23 heavy (non-hydrogen) atoms. The lowest BCUT2D eigenvalue weighted by Gasteiger charge is -2.28. The van der Waals surface area contributed by atoms with Crippen molar-refractivity contribution in [3.8, 4) is 5.75 Å². The highest BCUT2D eigenvalue weighted by atomic mass is 16.5. The van der Waals surface area contributed by atoms with Crippen LogP contribution in [0.3, 0.4) is 0 Å². The van der Waals surface area contributed by atoms with E-state index in [2.05, 4.69) is 69.3 Å². The topological polar surface area (TPSA) is 35.2 Å². The zero-order chi connectivity index (χ0) is 16.7. The molecular formula is C21H29NO. The second-order valence-electron chi connectivity index (χ2n) is 6.81. The maximum Gasteiger partial charge on any atom is 0.119 e. The largest absolute Gasteiger partial charge is 0.494 e. The molecule has 0 aromatic heterocycles. The fraction of sp³-hybridized carbons (Fsp3) is 0.429. The van der Waals surface area contributed by atoms with Gasteiger partial charge in [-0.2, -0.15) is 0 Å². The standard InChI is InChI=1S/C21H29NO/c1-17(2)18-10-12-20(13-11-18)23-15-7-14-21(3,16-22)19-8-5-4-6-9-19/h4-6,8-13,17H,7,14-16,22H2,1-3H3. The first-order chi connectivity index (χ1) is 11.0. The molecule has 2 rings (SSSR count). The lowest BCUT2D eigenvalue weighted by Crippen LogP contribution is -2.32. The van der Waals surface area contributed by atoms with E-state index in [1.54, 1.807) is 0 Å². The predicted octanol–water partition coefficient (Wildman–Crippen LogP) is 4.89. The van der Waals surface area contributed by atoms with Crippen LogP contribution in [0.25, 0.3) is 0 Å². The highest BCUT2D eigenvalue weighted by molar-refractivity contribution is 5.29. The molecule has 2 heteroatoms. The summed E-state index contributed by atoms with van der Waals surface area (Å²) in [5.74, 6) is 1.50. The monoisotopic (exact) mass is 311 g/mol. The summed E-state index contributed by atoms with van der Waals surface area (Å²) in [6, 6.07) is 19.0. The first-order valence-corrected chi connectivity index (χ1v) is 8.53. The van der Waals surface area contributed by atoms with Crippen molar-refractivity contribution in [3.05, 3.63) is 65.7 Å². The Morgan fingerprint density at radius 3 is 2.22 bits per heavy atom. The summed E-state index contributed by atoms with van der Waals surface area (Å²) in [5.41, 5.74) is 8.71. The van der Waals surface area contributed by atoms with E-state index in [9.17, 15) is 0 Å². The van der Waals surface area contributed by atoms with Gasteiger partial charge in [0, 0.05) is 12.0 Å². The van der Waals surface area contributed by atoms with Crippen molar-refractivity contribution in [1.29, 1.82) is 0 Å². The molecule has 0 saturated carbocycles. The van der Waals surface area contributed by atoms with Crippen LogP contribution in [0.1, 0.15) is 50.7 Å². The zero-order valence-corrected chi connectivity index (χ0v) is 14.6. The van der Waals surface area contributed by atoms with Gasteiger partial charge in [-0.05, 0) is 42.0 Å². The highest BCUT2D eigenvalue weighted by Gasteiger charge is 2.24. The van der Waals surface area contributed by atoms with Gasteiger partial charge < -0.3 is 10.5 Å². The van der Waals surface area contributed by atoms with E-state index in [4.69, 9.17) is 10.5 Å². The Kier molecular flexibility index (Phi) is 6.23. The summed E-state index contributed by atoms with van der Waals surface area (Å²) in [5, 5.41) is 0. The molecular weight excluding hydrogens is 282 g/mol. The van der Waals surface area contributed by atoms with Crippen LogP contribution in [0.15, 0.2) is 54.6 Å². The van der Waals surface area contributed by atoms with Gasteiger partial charge in [-0.15, -0.1) is 0 Å². The zero-order valence-electron chi connectivity index (χ0n) is 14.6. The molecule has 0 amide bonds. The first kappa shape index (κ1) is 17.6. The van der Waals surface area contributed by atoms with Gasteiger partial charge in [-0.25, -0.2) is 0 Å². The predicted molar refractivity (Wildman–Crippen MR) is 98.1 cm³/mol. The van der Waals surface area contributed by atoms with E-state index < -0.39 is 0 Å². The van der Waals surface area contributed by atoms with Gasteiger partial charge in [-0.3, -0.25) is 0 Å². The Bertz CT molecular complexity index is 577. The minimum absolute atomic E-state index is 0.0200. The van der Waals surface area contributed by atoms with Crippen molar-refractivity contribution >= 4 is 0 Å². The number of hydrogen-bond donors (Lipinski definition) is 1. The van der Waals surface area contributed by atoms with E-state index in [1.807, 2.05) is 6.07 Å². The van der Waals surface area contributed by atoms with Gasteiger partial charge >= 0.3 is 0 Å². The number of hydrogen-bond acceptors (Lipinski definition) is 2. The van der Waals surface area contributed by atoms with E-state index in [0.29, 0.717) is 12.5 Å². The quantitative estimate of drug-likeness (QED) is 0.705. The van der Waals surface area contributed by atoms with Crippen LogP contribution in [0.5, 0.6) is 5.75 Å². The van der Waals surface area contributed by atoms with Crippen molar-refractivity contribution in [2.45, 2.75) is 44.9 Å². The van der Waals surface area contributed by atoms with Crippen LogP contribution in [0.2, 0.25) is 0 Å². The van der Waals surface area contributed by atoms with Crippen LogP contribution < -0.4 is 10.5 Å². The second-order valence-corrected chi connectivity index (χ2v) is 6.81. The van der Waals surface area contributed by atoms with Crippen molar-refractivity contribution in [3.63, 3.8) is 0 Å². The van der Waals surface area contributed by atoms with E-state index in [0.717, 1.165) is 25.2 Å². The third kappa shape index (κ3) is 4.84. The Morgan fingerprint density at radius 2 is 1.65 bits per heavy atom. The van der Waals surface area contributed by atoms with Crippen molar-refractivity contribution in [1.82, 2.24) is 0 Å². The van der Waals surface area contributed by atoms with Crippen LogP contribution in [-0.2, 0) is 5.41 Å². The molecule has 0 saturated heterocycles. The third-order valence-electron chi connectivity index (χ3n) is 4.61. The van der Waals surface area contributed by atoms with Gasteiger partial charge in [0.15, 0.2) is 0 Å². The summed E-state index contributed by atoms with van der Waals surface area (Å²) >= 11 is 0. The van der Waals surface area contributed by atoms with Crippen molar-refractivity contribution in [2.24, 2.45) is 5.73 Å². The average molecular weight is 311 g/mol. The minimum Gasteiger partial charge on any atom is -0.494 e. The third-order valence-corrected chi connectivity index (χ3v) is 4.61. The lowest BCUT2D eigenvalue weighted by atomic mass is 9.79. The molecule has 124 valence electrons. The Labute approximate surface area is 140 Å². The number of nitrogens with two attached hydrogens (primary N) is 1. The van der Waals surface area contributed by atoms with Gasteiger partial charge in [-0.1, -0.05) is 63.2 Å². The van der Waals surface area contributed by atoms with Gasteiger partial charge in [0.1, 0.15) is 5.75 Å². The van der Waals surface area contributed by atoms with E-state index in [1.165, 1.54) is 11.1 Å². The Hall–Kier alpha value is -1.80. The first-order valence-electron chi connectivity index (χ1n) is 8.53. The fourth-order valence-corrected chi connectivity index (χ4v) is 2.81. The molecule has 0 bridgehead atoms. The SMILES string of the molecule is CC(C)c1ccc(OCCCC(C)(CN)c2ccccc2)cc1. The van der Waals surface area contributed by atoms with Crippen LogP contribution in [0, 0.1) is 0 Å². The van der Waals surface area contributed by atoms with E-state index >= 15 is 0 Å². The molecule has 0 spiro atoms. The molecule has 0 radical (unpaired) electrons. The van der Waals surface area contributed by atoms with Crippen molar-refractivity contribution < 1.29 is 4.74 Å². The van der Waals surface area contributed by atoms with Gasteiger partial charge in [0.25, 0.3) is 0 Å². The summed E-state index contributed by atoms with van der Waals surface area (Å²) < 4.78 is 5.88. The summed E-state index contributed by atoms with van der Waals surface area (Å²) in [6.45, 7) is 8.02. The van der Waals surface area contributed by atoms with E-state index in [-0.39, 0.29) is 5.41 Å². The minimum atomic E-state index is 0.0200. The maximum atomic E-state index is 6.04. The molecule has 2 aromatic rings. The highest BCUT2D eigenvalue weighted by Crippen LogP contribution is 2.28. The number of ether oxygens (including phenoxy) is 1. The van der Waals surface area contributed by atoms with Crippen LogP contribution in [0.4, 0.5) is 0 Å².